The van der Waals surface area contributed by atoms with E-state index >= 15 is 0 Å². The van der Waals surface area contributed by atoms with Gasteiger partial charge in [-0.15, -0.1) is 11.3 Å². The number of carboxylic acids is 1. The molecule has 1 N–H and O–H groups in total. The molecule has 0 aliphatic rings. The summed E-state index contributed by atoms with van der Waals surface area (Å²) < 4.78 is 0. The van der Waals surface area contributed by atoms with Crippen molar-refractivity contribution >= 4 is 28.9 Å². The number of carbonyl (C=O) groups excluding carboxylic acids is 1. The summed E-state index contributed by atoms with van der Waals surface area (Å²) in [5, 5.41) is 11.3. The molecule has 1 aromatic carbocycles. The van der Waals surface area contributed by atoms with E-state index in [2.05, 4.69) is 4.98 Å². The normalized spacial score (nSPS) is 10.3. The minimum atomic E-state index is -0.861. The van der Waals surface area contributed by atoms with E-state index in [0.29, 0.717) is 18.7 Å². The first-order valence-electron chi connectivity index (χ1n) is 6.59. The van der Waals surface area contributed by atoms with Crippen molar-refractivity contribution in [2.75, 3.05) is 11.4 Å². The van der Waals surface area contributed by atoms with Crippen LogP contribution in [0, 0.1) is 6.92 Å². The maximum absolute atomic E-state index is 12.6. The predicted molar refractivity (Wildman–Crippen MR) is 81.8 cm³/mol. The molecule has 0 spiro atoms. The maximum Gasteiger partial charge on any atom is 0.303 e. The van der Waals surface area contributed by atoms with Crippen LogP contribution in [0.1, 0.15) is 28.3 Å². The van der Waals surface area contributed by atoms with Crippen LogP contribution in [0.4, 0.5) is 5.69 Å². The van der Waals surface area contributed by atoms with E-state index in [4.69, 9.17) is 5.11 Å². The lowest BCUT2D eigenvalue weighted by Crippen LogP contribution is -2.32. The van der Waals surface area contributed by atoms with Gasteiger partial charge in [0.15, 0.2) is 0 Å². The molecule has 5 nitrogen and oxygen atoms in total. The summed E-state index contributed by atoms with van der Waals surface area (Å²) >= 11 is 1.42. The molecule has 0 radical (unpaired) electrons. The van der Waals surface area contributed by atoms with Crippen molar-refractivity contribution in [3.8, 4) is 0 Å². The molecule has 110 valence electrons. The Morgan fingerprint density at radius 3 is 2.57 bits per heavy atom. The highest BCUT2D eigenvalue weighted by Crippen LogP contribution is 2.19. The molecule has 1 aromatic heterocycles. The number of thiazole rings is 1. The number of hydrogen-bond acceptors (Lipinski definition) is 4. The van der Waals surface area contributed by atoms with Gasteiger partial charge in [-0.05, 0) is 25.5 Å². The van der Waals surface area contributed by atoms with E-state index in [1.807, 2.05) is 37.3 Å². The summed E-state index contributed by atoms with van der Waals surface area (Å²) in [5.74, 6) is -1.06. The number of benzene rings is 1. The van der Waals surface area contributed by atoms with Gasteiger partial charge >= 0.3 is 5.97 Å². The second kappa shape index (κ2) is 6.99. The molecule has 0 aliphatic carbocycles. The highest BCUT2D eigenvalue weighted by molar-refractivity contribution is 7.09. The Kier molecular flexibility index (Phi) is 5.05. The number of hydrogen-bond donors (Lipinski definition) is 1. The van der Waals surface area contributed by atoms with Gasteiger partial charge in [0.25, 0.3) is 5.91 Å². The molecular weight excluding hydrogens is 288 g/mol. The molecule has 0 aliphatic heterocycles. The minimum Gasteiger partial charge on any atom is -0.481 e. The van der Waals surface area contributed by atoms with Crippen LogP contribution in [-0.2, 0) is 4.79 Å². The van der Waals surface area contributed by atoms with Crippen molar-refractivity contribution in [1.29, 1.82) is 0 Å². The molecular formula is C15H16N2O3S. The molecule has 0 saturated carbocycles. The molecule has 21 heavy (non-hydrogen) atoms. The summed E-state index contributed by atoms with van der Waals surface area (Å²) in [6.45, 7) is 2.20. The summed E-state index contributed by atoms with van der Waals surface area (Å²) in [4.78, 5) is 29.0. The third-order valence-electron chi connectivity index (χ3n) is 2.92. The van der Waals surface area contributed by atoms with Crippen LogP contribution in [-0.4, -0.2) is 28.5 Å². The SMILES string of the molecule is Cc1nc(C(=O)N(CCCC(=O)O)c2ccccc2)cs1. The monoisotopic (exact) mass is 304 g/mol. The van der Waals surface area contributed by atoms with E-state index in [1.54, 1.807) is 10.3 Å². The third kappa shape index (κ3) is 4.13. The van der Waals surface area contributed by atoms with E-state index in [-0.39, 0.29) is 12.3 Å². The van der Waals surface area contributed by atoms with Gasteiger partial charge < -0.3 is 10.0 Å². The molecule has 0 atom stereocenters. The Hall–Kier alpha value is -2.21. The average Bonchev–Trinajstić information content (AvgIpc) is 2.90. The number of amides is 1. The molecule has 1 amide bonds. The smallest absolute Gasteiger partial charge is 0.303 e. The topological polar surface area (TPSA) is 70.5 Å². The van der Waals surface area contributed by atoms with Crippen molar-refractivity contribution in [1.82, 2.24) is 4.98 Å². The van der Waals surface area contributed by atoms with Crippen LogP contribution in [0.15, 0.2) is 35.7 Å². The summed E-state index contributed by atoms with van der Waals surface area (Å²) in [7, 11) is 0. The lowest BCUT2D eigenvalue weighted by atomic mass is 10.2. The van der Waals surface area contributed by atoms with E-state index in [9.17, 15) is 9.59 Å². The maximum atomic E-state index is 12.6. The number of para-hydroxylation sites is 1. The van der Waals surface area contributed by atoms with Crippen molar-refractivity contribution in [2.45, 2.75) is 19.8 Å². The molecule has 6 heteroatoms. The fourth-order valence-corrected chi connectivity index (χ4v) is 2.53. The number of rotatable bonds is 6. The Labute approximate surface area is 126 Å². The molecule has 0 bridgehead atoms. The highest BCUT2D eigenvalue weighted by Gasteiger charge is 2.19. The van der Waals surface area contributed by atoms with Crippen molar-refractivity contribution in [3.05, 3.63) is 46.4 Å². The lowest BCUT2D eigenvalue weighted by molar-refractivity contribution is -0.137. The van der Waals surface area contributed by atoms with Gasteiger partial charge in [-0.1, -0.05) is 18.2 Å². The van der Waals surface area contributed by atoms with Crippen LogP contribution >= 0.6 is 11.3 Å². The molecule has 0 fully saturated rings. The largest absolute Gasteiger partial charge is 0.481 e. The Morgan fingerprint density at radius 2 is 2.00 bits per heavy atom. The Balaban J connectivity index is 2.19. The minimum absolute atomic E-state index is 0.0344. The molecule has 1 heterocycles. The number of anilines is 1. The van der Waals surface area contributed by atoms with Crippen LogP contribution < -0.4 is 4.90 Å². The van der Waals surface area contributed by atoms with Gasteiger partial charge in [0, 0.05) is 24.0 Å². The fraction of sp³-hybridized carbons (Fsp3) is 0.267. The number of carboxylic acid groups (broad SMARTS) is 1. The Morgan fingerprint density at radius 1 is 1.29 bits per heavy atom. The van der Waals surface area contributed by atoms with Crippen molar-refractivity contribution in [2.24, 2.45) is 0 Å². The number of nitrogens with zero attached hydrogens (tertiary/aromatic N) is 2. The predicted octanol–water partition coefficient (Wildman–Crippen LogP) is 2.96. The van der Waals surface area contributed by atoms with Gasteiger partial charge in [0.05, 0.1) is 5.01 Å². The quantitative estimate of drug-likeness (QED) is 0.890. The van der Waals surface area contributed by atoms with Crippen molar-refractivity contribution < 1.29 is 14.7 Å². The highest BCUT2D eigenvalue weighted by atomic mass is 32.1. The zero-order valence-corrected chi connectivity index (χ0v) is 12.5. The lowest BCUT2D eigenvalue weighted by Gasteiger charge is -2.21. The van der Waals surface area contributed by atoms with Gasteiger partial charge in [-0.2, -0.15) is 0 Å². The van der Waals surface area contributed by atoms with Crippen LogP contribution in [0.2, 0.25) is 0 Å². The van der Waals surface area contributed by atoms with Gasteiger partial charge in [-0.3, -0.25) is 9.59 Å². The van der Waals surface area contributed by atoms with Crippen LogP contribution in [0.3, 0.4) is 0 Å². The number of carbonyl (C=O) groups is 2. The van der Waals surface area contributed by atoms with Gasteiger partial charge in [0.1, 0.15) is 5.69 Å². The number of aryl methyl sites for hydroxylation is 1. The summed E-state index contributed by atoms with van der Waals surface area (Å²) in [6.07, 6.45) is 0.436. The second-order valence-corrected chi connectivity index (χ2v) is 5.60. The molecule has 0 unspecified atom stereocenters. The second-order valence-electron chi connectivity index (χ2n) is 4.54. The summed E-state index contributed by atoms with van der Waals surface area (Å²) in [5.41, 5.74) is 1.15. The average molecular weight is 304 g/mol. The van der Waals surface area contributed by atoms with Gasteiger partial charge in [-0.25, -0.2) is 4.98 Å². The first kappa shape index (κ1) is 15.2. The first-order chi connectivity index (χ1) is 10.1. The molecule has 2 aromatic rings. The molecule has 0 saturated heterocycles. The standard InChI is InChI=1S/C15H16N2O3S/c1-11-16-13(10-21-11)15(20)17(9-5-8-14(18)19)12-6-3-2-4-7-12/h2-4,6-7,10H,5,8-9H2,1H3,(H,18,19). The molecule has 2 rings (SSSR count). The van der Waals surface area contributed by atoms with Crippen LogP contribution in [0.5, 0.6) is 0 Å². The van der Waals surface area contributed by atoms with Crippen LogP contribution in [0.25, 0.3) is 0 Å². The zero-order valence-electron chi connectivity index (χ0n) is 11.7. The third-order valence-corrected chi connectivity index (χ3v) is 3.70. The fourth-order valence-electron chi connectivity index (χ4n) is 1.94. The number of aromatic nitrogens is 1. The van der Waals surface area contributed by atoms with E-state index in [1.165, 1.54) is 11.3 Å². The van der Waals surface area contributed by atoms with Gasteiger partial charge in [0.2, 0.25) is 0 Å². The van der Waals surface area contributed by atoms with E-state index < -0.39 is 5.97 Å². The number of aliphatic carboxylic acids is 1. The van der Waals surface area contributed by atoms with E-state index in [0.717, 1.165) is 10.7 Å². The summed E-state index contributed by atoms with van der Waals surface area (Å²) in [6, 6.07) is 9.23. The first-order valence-corrected chi connectivity index (χ1v) is 7.46. The van der Waals surface area contributed by atoms with Crippen molar-refractivity contribution in [3.63, 3.8) is 0 Å². The zero-order chi connectivity index (χ0) is 15.2. The Bertz CT molecular complexity index is 625.